The molecule has 0 aromatic carbocycles. The Hall–Kier alpha value is -0.300. The van der Waals surface area contributed by atoms with Crippen LogP contribution in [0.3, 0.4) is 0 Å². The second kappa shape index (κ2) is 4.28. The molecule has 1 heteroatoms. The molecule has 13 heavy (non-hydrogen) atoms. The van der Waals surface area contributed by atoms with Gasteiger partial charge in [-0.15, -0.1) is 0 Å². The molecule has 0 spiro atoms. The number of hydrogen-bond acceptors (Lipinski definition) is 1. The highest BCUT2D eigenvalue weighted by Gasteiger charge is 2.28. The largest absolute Gasteiger partial charge is 0.309 e. The zero-order valence-corrected chi connectivity index (χ0v) is 9.72. The fourth-order valence-corrected chi connectivity index (χ4v) is 2.42. The molecule has 0 amide bonds. The zero-order valence-electron chi connectivity index (χ0n) is 9.72. The monoisotopic (exact) mass is 181 g/mol. The molecule has 2 atom stereocenters. The second-order valence-electron chi connectivity index (χ2n) is 4.91. The lowest BCUT2D eigenvalue weighted by Gasteiger charge is -2.22. The molecule has 0 aromatic rings. The maximum atomic E-state index is 2.39. The van der Waals surface area contributed by atoms with Gasteiger partial charge in [0.05, 0.1) is 0 Å². The van der Waals surface area contributed by atoms with E-state index < -0.39 is 0 Å². The van der Waals surface area contributed by atoms with Crippen LogP contribution in [0.25, 0.3) is 0 Å². The molecule has 1 nitrogen and oxygen atoms in total. The Morgan fingerprint density at radius 1 is 1.38 bits per heavy atom. The first-order valence-electron chi connectivity index (χ1n) is 5.33. The van der Waals surface area contributed by atoms with Gasteiger partial charge >= 0.3 is 0 Å². The van der Waals surface area contributed by atoms with Gasteiger partial charge in [-0.2, -0.15) is 0 Å². The molecule has 1 aliphatic carbocycles. The third-order valence-corrected chi connectivity index (χ3v) is 3.21. The molecule has 0 bridgehead atoms. The summed E-state index contributed by atoms with van der Waals surface area (Å²) in [5, 5.41) is 0. The van der Waals surface area contributed by atoms with Crippen molar-refractivity contribution in [3.8, 4) is 0 Å². The molecule has 0 saturated heterocycles. The van der Waals surface area contributed by atoms with E-state index in [1.165, 1.54) is 19.4 Å². The van der Waals surface area contributed by atoms with Gasteiger partial charge in [-0.05, 0) is 52.6 Å². The first kappa shape index (κ1) is 10.8. The van der Waals surface area contributed by atoms with Crippen LogP contribution in [0.5, 0.6) is 0 Å². The molecule has 0 aliphatic heterocycles. The molecule has 76 valence electrons. The number of nitrogens with zero attached hydrogens (tertiary/aromatic N) is 1. The van der Waals surface area contributed by atoms with Crippen LogP contribution in [-0.4, -0.2) is 25.5 Å². The van der Waals surface area contributed by atoms with Gasteiger partial charge in [-0.25, -0.2) is 0 Å². The van der Waals surface area contributed by atoms with Crippen LogP contribution in [0, 0.1) is 11.8 Å². The number of hydrogen-bond donors (Lipinski definition) is 0. The number of rotatable bonds is 2. The van der Waals surface area contributed by atoms with Crippen molar-refractivity contribution in [1.29, 1.82) is 0 Å². The minimum Gasteiger partial charge on any atom is -0.309 e. The van der Waals surface area contributed by atoms with Crippen LogP contribution in [-0.2, 0) is 0 Å². The Morgan fingerprint density at radius 2 is 2.00 bits per heavy atom. The van der Waals surface area contributed by atoms with Crippen LogP contribution >= 0.6 is 0 Å². The van der Waals surface area contributed by atoms with Gasteiger partial charge in [-0.3, -0.25) is 0 Å². The van der Waals surface area contributed by atoms with Crippen LogP contribution in [0.4, 0.5) is 0 Å². The van der Waals surface area contributed by atoms with Crippen molar-refractivity contribution in [2.75, 3.05) is 20.6 Å². The lowest BCUT2D eigenvalue weighted by Crippen LogP contribution is -2.24. The second-order valence-corrected chi connectivity index (χ2v) is 4.91. The van der Waals surface area contributed by atoms with Crippen LogP contribution < -0.4 is 0 Å². The standard InChI is InChI=1S/C12H23N/c1-9(2)11-7-6-10(3)12(11)8-13(4)5/h10,12H,6-8H2,1-5H3. The van der Waals surface area contributed by atoms with Crippen LogP contribution in [0.1, 0.15) is 33.6 Å². The van der Waals surface area contributed by atoms with Crippen LogP contribution in [0.2, 0.25) is 0 Å². The summed E-state index contributed by atoms with van der Waals surface area (Å²) < 4.78 is 0. The molecule has 0 heterocycles. The predicted octanol–water partition coefficient (Wildman–Crippen LogP) is 2.93. The highest BCUT2D eigenvalue weighted by atomic mass is 15.1. The third-order valence-electron chi connectivity index (χ3n) is 3.21. The van der Waals surface area contributed by atoms with Crippen molar-refractivity contribution < 1.29 is 0 Å². The van der Waals surface area contributed by atoms with Crippen molar-refractivity contribution in [3.63, 3.8) is 0 Å². The van der Waals surface area contributed by atoms with Gasteiger partial charge in [0.2, 0.25) is 0 Å². The molecular formula is C12H23N. The minimum absolute atomic E-state index is 0.819. The van der Waals surface area contributed by atoms with Crippen molar-refractivity contribution in [1.82, 2.24) is 4.90 Å². The molecule has 0 radical (unpaired) electrons. The van der Waals surface area contributed by atoms with E-state index in [0.29, 0.717) is 0 Å². The van der Waals surface area contributed by atoms with Crippen molar-refractivity contribution in [2.45, 2.75) is 33.6 Å². The smallest absolute Gasteiger partial charge is 0.00436 e. The first-order valence-corrected chi connectivity index (χ1v) is 5.33. The molecule has 1 rings (SSSR count). The maximum Gasteiger partial charge on any atom is 0.00436 e. The van der Waals surface area contributed by atoms with Crippen LogP contribution in [0.15, 0.2) is 11.1 Å². The van der Waals surface area contributed by atoms with E-state index in [9.17, 15) is 0 Å². The SMILES string of the molecule is CC(C)=C1CCC(C)C1CN(C)C. The Balaban J connectivity index is 2.72. The molecule has 1 aliphatic rings. The van der Waals surface area contributed by atoms with Crippen molar-refractivity contribution in [3.05, 3.63) is 11.1 Å². The van der Waals surface area contributed by atoms with E-state index in [1.807, 2.05) is 0 Å². The summed E-state index contributed by atoms with van der Waals surface area (Å²) in [4.78, 5) is 2.31. The summed E-state index contributed by atoms with van der Waals surface area (Å²) in [7, 11) is 4.35. The highest BCUT2D eigenvalue weighted by molar-refractivity contribution is 5.19. The third kappa shape index (κ3) is 2.57. The first-order chi connectivity index (χ1) is 6.02. The van der Waals surface area contributed by atoms with E-state index >= 15 is 0 Å². The average Bonchev–Trinajstić information content (AvgIpc) is 2.32. The highest BCUT2D eigenvalue weighted by Crippen LogP contribution is 2.38. The number of allylic oxidation sites excluding steroid dienone is 1. The van der Waals surface area contributed by atoms with E-state index in [2.05, 4.69) is 39.8 Å². The van der Waals surface area contributed by atoms with Crippen molar-refractivity contribution >= 4 is 0 Å². The topological polar surface area (TPSA) is 3.24 Å². The Labute approximate surface area is 82.8 Å². The fraction of sp³-hybridized carbons (Fsp3) is 0.833. The van der Waals surface area contributed by atoms with E-state index in [4.69, 9.17) is 0 Å². The van der Waals surface area contributed by atoms with Gasteiger partial charge in [0.15, 0.2) is 0 Å². The minimum atomic E-state index is 0.819. The van der Waals surface area contributed by atoms with Gasteiger partial charge in [0, 0.05) is 6.54 Å². The summed E-state index contributed by atoms with van der Waals surface area (Å²) in [6, 6.07) is 0. The summed E-state index contributed by atoms with van der Waals surface area (Å²) in [6.45, 7) is 8.14. The molecule has 2 unspecified atom stereocenters. The van der Waals surface area contributed by atoms with Gasteiger partial charge in [0.1, 0.15) is 0 Å². The normalized spacial score (nSPS) is 28.6. The molecule has 1 fully saturated rings. The zero-order chi connectivity index (χ0) is 10.0. The Bertz CT molecular complexity index is 199. The molecule has 0 aromatic heterocycles. The lowest BCUT2D eigenvalue weighted by molar-refractivity contribution is 0.310. The molecule has 0 N–H and O–H groups in total. The van der Waals surface area contributed by atoms with Crippen molar-refractivity contribution in [2.24, 2.45) is 11.8 Å². The average molecular weight is 181 g/mol. The maximum absolute atomic E-state index is 2.39. The van der Waals surface area contributed by atoms with E-state index in [1.54, 1.807) is 11.1 Å². The predicted molar refractivity (Wildman–Crippen MR) is 58.8 cm³/mol. The summed E-state index contributed by atoms with van der Waals surface area (Å²) >= 11 is 0. The Kier molecular flexibility index (Phi) is 3.55. The molecule has 1 saturated carbocycles. The summed E-state index contributed by atoms with van der Waals surface area (Å²) in [5.41, 5.74) is 3.28. The van der Waals surface area contributed by atoms with Gasteiger partial charge in [0.25, 0.3) is 0 Å². The fourth-order valence-electron chi connectivity index (χ4n) is 2.42. The molecular weight excluding hydrogens is 158 g/mol. The summed E-state index contributed by atoms with van der Waals surface area (Å²) in [6.07, 6.45) is 2.72. The van der Waals surface area contributed by atoms with E-state index in [0.717, 1.165) is 11.8 Å². The van der Waals surface area contributed by atoms with Gasteiger partial charge < -0.3 is 4.90 Å². The van der Waals surface area contributed by atoms with Gasteiger partial charge in [-0.1, -0.05) is 18.1 Å². The Morgan fingerprint density at radius 3 is 2.46 bits per heavy atom. The van der Waals surface area contributed by atoms with E-state index in [-0.39, 0.29) is 0 Å². The quantitative estimate of drug-likeness (QED) is 0.592. The lowest BCUT2D eigenvalue weighted by atomic mass is 9.92. The summed E-state index contributed by atoms with van der Waals surface area (Å²) in [5.74, 6) is 1.70.